The number of aromatic nitrogens is 4. The molecule has 4 aromatic rings. The summed E-state index contributed by atoms with van der Waals surface area (Å²) in [5, 5.41) is 10.8. The predicted molar refractivity (Wildman–Crippen MR) is 116 cm³/mol. The van der Waals surface area contributed by atoms with Crippen molar-refractivity contribution in [2.75, 3.05) is 18.2 Å². The molecule has 158 valence electrons. The van der Waals surface area contributed by atoms with Crippen molar-refractivity contribution in [3.63, 3.8) is 0 Å². The lowest BCUT2D eigenvalue weighted by Gasteiger charge is -2.05. The number of hydrogen-bond acceptors (Lipinski definition) is 7. The smallest absolute Gasteiger partial charge is 0.280 e. The van der Waals surface area contributed by atoms with Gasteiger partial charge in [0.25, 0.3) is 5.91 Å². The molecule has 0 aliphatic rings. The van der Waals surface area contributed by atoms with Gasteiger partial charge >= 0.3 is 0 Å². The third-order valence-electron chi connectivity index (χ3n) is 4.79. The molecule has 31 heavy (non-hydrogen) atoms. The summed E-state index contributed by atoms with van der Waals surface area (Å²) in [6.45, 7) is 3.96. The van der Waals surface area contributed by atoms with E-state index in [4.69, 9.17) is 14.9 Å². The van der Waals surface area contributed by atoms with E-state index in [1.165, 1.54) is 4.68 Å². The summed E-state index contributed by atoms with van der Waals surface area (Å²) in [5.41, 5.74) is 9.25. The molecule has 3 N–H and O–H groups in total. The molecule has 4 rings (SSSR count). The van der Waals surface area contributed by atoms with E-state index in [2.05, 4.69) is 20.6 Å². The van der Waals surface area contributed by atoms with E-state index < -0.39 is 5.91 Å². The molecule has 2 heterocycles. The van der Waals surface area contributed by atoms with E-state index in [9.17, 15) is 4.79 Å². The molecule has 0 saturated carbocycles. The summed E-state index contributed by atoms with van der Waals surface area (Å²) in [6.07, 6.45) is 0. The minimum absolute atomic E-state index is 0.0487. The normalized spacial score (nSPS) is 10.8. The van der Waals surface area contributed by atoms with E-state index in [0.29, 0.717) is 28.8 Å². The van der Waals surface area contributed by atoms with Gasteiger partial charge in [-0.15, -0.1) is 5.10 Å². The second-order valence-corrected chi connectivity index (χ2v) is 7.03. The van der Waals surface area contributed by atoms with Crippen LogP contribution in [0.25, 0.3) is 11.5 Å². The summed E-state index contributed by atoms with van der Waals surface area (Å²) in [6, 6.07) is 14.9. The molecule has 0 fully saturated rings. The van der Waals surface area contributed by atoms with Crippen molar-refractivity contribution in [3.8, 4) is 17.2 Å². The zero-order chi connectivity index (χ0) is 22.0. The topological polar surface area (TPSA) is 121 Å². The van der Waals surface area contributed by atoms with Crippen LogP contribution in [0.3, 0.4) is 0 Å². The van der Waals surface area contributed by atoms with Crippen LogP contribution in [0.2, 0.25) is 0 Å². The maximum Gasteiger partial charge on any atom is 0.280 e. The molecule has 0 aliphatic heterocycles. The standard InChI is InChI=1S/C22H22N6O3/c1-13-7-6-8-15(11-13)24-21(29)19-20(23)28(27-26-19)12-17-14(2)31-22(25-17)16-9-4-5-10-18(16)30-3/h4-11H,12,23H2,1-3H3,(H,24,29). The molecule has 0 aliphatic carbocycles. The molecule has 0 atom stereocenters. The Kier molecular flexibility index (Phi) is 5.40. The monoisotopic (exact) mass is 418 g/mol. The first kappa shape index (κ1) is 20.1. The number of oxazole rings is 1. The van der Waals surface area contributed by atoms with Gasteiger partial charge in [0.1, 0.15) is 17.2 Å². The molecule has 9 nitrogen and oxygen atoms in total. The number of nitrogens with two attached hydrogens (primary N) is 1. The van der Waals surface area contributed by atoms with E-state index in [1.54, 1.807) is 20.1 Å². The number of rotatable bonds is 6. The minimum atomic E-state index is -0.430. The van der Waals surface area contributed by atoms with Gasteiger partial charge in [-0.05, 0) is 43.7 Å². The van der Waals surface area contributed by atoms with Crippen LogP contribution in [0.5, 0.6) is 5.75 Å². The Morgan fingerprint density at radius 1 is 1.19 bits per heavy atom. The van der Waals surface area contributed by atoms with Crippen LogP contribution in [0, 0.1) is 13.8 Å². The van der Waals surface area contributed by atoms with Crippen LogP contribution in [-0.4, -0.2) is 33.0 Å². The van der Waals surface area contributed by atoms with Gasteiger partial charge < -0.3 is 20.2 Å². The van der Waals surface area contributed by atoms with Gasteiger partial charge in [0, 0.05) is 5.69 Å². The second kappa shape index (κ2) is 8.31. The Bertz CT molecular complexity index is 1240. The molecular formula is C22H22N6O3. The van der Waals surface area contributed by atoms with Gasteiger partial charge in [0.15, 0.2) is 11.5 Å². The second-order valence-electron chi connectivity index (χ2n) is 7.03. The van der Waals surface area contributed by atoms with Crippen LogP contribution in [-0.2, 0) is 6.54 Å². The summed E-state index contributed by atoms with van der Waals surface area (Å²) < 4.78 is 12.6. The summed E-state index contributed by atoms with van der Waals surface area (Å²) in [4.78, 5) is 17.1. The van der Waals surface area contributed by atoms with E-state index >= 15 is 0 Å². The molecular weight excluding hydrogens is 396 g/mol. The highest BCUT2D eigenvalue weighted by Gasteiger charge is 2.21. The third kappa shape index (κ3) is 4.11. The lowest BCUT2D eigenvalue weighted by atomic mass is 10.2. The Labute approximate surface area is 178 Å². The predicted octanol–water partition coefficient (Wildman–Crippen LogP) is 3.44. The zero-order valence-electron chi connectivity index (χ0n) is 17.4. The summed E-state index contributed by atoms with van der Waals surface area (Å²) >= 11 is 0. The number of methoxy groups -OCH3 is 1. The van der Waals surface area contributed by atoms with Crippen molar-refractivity contribution < 1.29 is 13.9 Å². The number of amides is 1. The Balaban J connectivity index is 1.55. The number of hydrogen-bond donors (Lipinski definition) is 2. The number of carbonyl (C=O) groups is 1. The Hall–Kier alpha value is -4.14. The van der Waals surface area contributed by atoms with Gasteiger partial charge in [-0.25, -0.2) is 9.67 Å². The minimum Gasteiger partial charge on any atom is -0.496 e. The Morgan fingerprint density at radius 2 is 2.00 bits per heavy atom. The maximum absolute atomic E-state index is 12.6. The molecule has 0 spiro atoms. The number of carbonyl (C=O) groups excluding carboxylic acids is 1. The van der Waals surface area contributed by atoms with E-state index in [-0.39, 0.29) is 18.1 Å². The number of nitrogens with zero attached hydrogens (tertiary/aromatic N) is 4. The van der Waals surface area contributed by atoms with Crippen molar-refractivity contribution in [3.05, 3.63) is 71.2 Å². The number of ether oxygens (including phenoxy) is 1. The van der Waals surface area contributed by atoms with Gasteiger partial charge in [-0.3, -0.25) is 4.79 Å². The summed E-state index contributed by atoms with van der Waals surface area (Å²) in [5.74, 6) is 1.42. The molecule has 0 bridgehead atoms. The lowest BCUT2D eigenvalue weighted by Crippen LogP contribution is -2.15. The Morgan fingerprint density at radius 3 is 2.77 bits per heavy atom. The van der Waals surface area contributed by atoms with Gasteiger partial charge in [-0.2, -0.15) is 0 Å². The van der Waals surface area contributed by atoms with Crippen LogP contribution in [0.1, 0.15) is 27.5 Å². The zero-order valence-corrected chi connectivity index (χ0v) is 17.4. The number of nitrogens with one attached hydrogen (secondary N) is 1. The van der Waals surface area contributed by atoms with Gasteiger partial charge in [-0.1, -0.05) is 29.5 Å². The average Bonchev–Trinajstić information content (AvgIpc) is 3.31. The first-order chi connectivity index (χ1) is 15.0. The van der Waals surface area contributed by atoms with Crippen molar-refractivity contribution in [2.45, 2.75) is 20.4 Å². The number of anilines is 2. The molecule has 9 heteroatoms. The van der Waals surface area contributed by atoms with Crippen molar-refractivity contribution >= 4 is 17.4 Å². The van der Waals surface area contributed by atoms with Crippen LogP contribution in [0.4, 0.5) is 11.5 Å². The van der Waals surface area contributed by atoms with Gasteiger partial charge in [0.05, 0.1) is 19.2 Å². The highest BCUT2D eigenvalue weighted by Crippen LogP contribution is 2.30. The fourth-order valence-corrected chi connectivity index (χ4v) is 3.17. The molecule has 1 amide bonds. The number of aryl methyl sites for hydroxylation is 2. The van der Waals surface area contributed by atoms with Crippen LogP contribution >= 0.6 is 0 Å². The highest BCUT2D eigenvalue weighted by atomic mass is 16.5. The highest BCUT2D eigenvalue weighted by molar-refractivity contribution is 6.05. The third-order valence-corrected chi connectivity index (χ3v) is 4.79. The summed E-state index contributed by atoms with van der Waals surface area (Å²) in [7, 11) is 1.59. The molecule has 2 aromatic heterocycles. The number of benzene rings is 2. The largest absolute Gasteiger partial charge is 0.496 e. The molecule has 0 saturated heterocycles. The first-order valence-electron chi connectivity index (χ1n) is 9.63. The molecule has 0 radical (unpaired) electrons. The number of nitrogen functional groups attached to an aromatic ring is 1. The maximum atomic E-state index is 12.6. The average molecular weight is 418 g/mol. The van der Waals surface area contributed by atoms with Crippen LogP contribution < -0.4 is 15.8 Å². The van der Waals surface area contributed by atoms with Gasteiger partial charge in [0.2, 0.25) is 5.89 Å². The van der Waals surface area contributed by atoms with E-state index in [1.807, 2.05) is 49.4 Å². The fraction of sp³-hybridized carbons (Fsp3) is 0.182. The number of para-hydroxylation sites is 1. The fourth-order valence-electron chi connectivity index (χ4n) is 3.17. The first-order valence-corrected chi connectivity index (χ1v) is 9.63. The molecule has 2 aromatic carbocycles. The van der Waals surface area contributed by atoms with Crippen molar-refractivity contribution in [1.29, 1.82) is 0 Å². The molecule has 0 unspecified atom stereocenters. The van der Waals surface area contributed by atoms with Crippen molar-refractivity contribution in [1.82, 2.24) is 20.0 Å². The SMILES string of the molecule is COc1ccccc1-c1nc(Cn2nnc(C(=O)Nc3cccc(C)c3)c2N)c(C)o1. The van der Waals surface area contributed by atoms with E-state index in [0.717, 1.165) is 11.1 Å². The van der Waals surface area contributed by atoms with Crippen LogP contribution in [0.15, 0.2) is 52.9 Å². The quantitative estimate of drug-likeness (QED) is 0.492. The van der Waals surface area contributed by atoms with Crippen molar-refractivity contribution in [2.24, 2.45) is 0 Å². The lowest BCUT2D eigenvalue weighted by molar-refractivity contribution is 0.102.